The van der Waals surface area contributed by atoms with Crippen LogP contribution in [0.4, 0.5) is 5.69 Å². The highest BCUT2D eigenvalue weighted by Gasteiger charge is 2.38. The van der Waals surface area contributed by atoms with Gasteiger partial charge < -0.3 is 25.3 Å². The molecule has 0 spiro atoms. The van der Waals surface area contributed by atoms with E-state index in [1.807, 2.05) is 32.0 Å². The lowest BCUT2D eigenvalue weighted by Gasteiger charge is -2.31. The maximum atomic E-state index is 12.8. The first kappa shape index (κ1) is 23.9. The van der Waals surface area contributed by atoms with Gasteiger partial charge in [-0.1, -0.05) is 12.1 Å². The highest BCUT2D eigenvalue weighted by Crippen LogP contribution is 2.45. The summed E-state index contributed by atoms with van der Waals surface area (Å²) in [6.07, 6.45) is 1.66. The van der Waals surface area contributed by atoms with Gasteiger partial charge in [-0.3, -0.25) is 9.59 Å². The Hall–Kier alpha value is -4.25. The molecule has 8 heteroatoms. The molecule has 0 aromatic heterocycles. The van der Waals surface area contributed by atoms with Crippen molar-refractivity contribution in [2.75, 3.05) is 19.0 Å². The summed E-state index contributed by atoms with van der Waals surface area (Å²) in [5, 5.41) is 12.6. The van der Waals surface area contributed by atoms with Crippen LogP contribution < -0.4 is 20.5 Å². The molecular formula is C27H27N3O5. The maximum Gasteiger partial charge on any atom is 0.262 e. The Bertz CT molecular complexity index is 1300. The zero-order chi connectivity index (χ0) is 25.1. The molecule has 8 nitrogen and oxygen atoms in total. The molecule has 35 heavy (non-hydrogen) atoms. The first-order valence-corrected chi connectivity index (χ1v) is 11.3. The van der Waals surface area contributed by atoms with E-state index in [-0.39, 0.29) is 29.8 Å². The zero-order valence-electron chi connectivity index (χ0n) is 19.9. The fraction of sp³-hybridized carbons (Fsp3) is 0.296. The fourth-order valence-electron chi connectivity index (χ4n) is 4.33. The highest BCUT2D eigenvalue weighted by molar-refractivity contribution is 5.99. The van der Waals surface area contributed by atoms with Crippen molar-refractivity contribution < 1.29 is 23.8 Å². The number of nitrogens with zero attached hydrogens (tertiary/aromatic N) is 1. The van der Waals surface area contributed by atoms with Crippen LogP contribution in [0.1, 0.15) is 41.9 Å². The van der Waals surface area contributed by atoms with E-state index in [0.717, 1.165) is 11.1 Å². The smallest absolute Gasteiger partial charge is 0.262 e. The second-order valence-electron chi connectivity index (χ2n) is 8.58. The lowest BCUT2D eigenvalue weighted by atomic mass is 9.77. The SMILES string of the molecule is COc1cc([C@H]2C(C#N)=C(N)OC3=C2C(=O)CCC3)ccc1OCC(=O)Nc1ccc(C)c(C)c1. The number of rotatable bonds is 6. The minimum atomic E-state index is -0.646. The van der Waals surface area contributed by atoms with Crippen molar-refractivity contribution in [3.05, 3.63) is 75.9 Å². The van der Waals surface area contributed by atoms with Gasteiger partial charge in [-0.25, -0.2) is 0 Å². The van der Waals surface area contributed by atoms with Gasteiger partial charge in [-0.2, -0.15) is 5.26 Å². The number of ether oxygens (including phenoxy) is 3. The molecule has 2 aliphatic rings. The van der Waals surface area contributed by atoms with E-state index >= 15 is 0 Å². The highest BCUT2D eigenvalue weighted by atomic mass is 16.5. The summed E-state index contributed by atoms with van der Waals surface area (Å²) in [5.74, 6) is 0.242. The number of amides is 1. The number of carbonyl (C=O) groups excluding carboxylic acids is 2. The number of ketones is 1. The van der Waals surface area contributed by atoms with Crippen molar-refractivity contribution in [2.24, 2.45) is 5.73 Å². The maximum absolute atomic E-state index is 12.8. The number of Topliss-reactive ketones (excluding diaryl/α,β-unsaturated/α-hetero) is 1. The molecule has 0 saturated heterocycles. The van der Waals surface area contributed by atoms with Gasteiger partial charge in [0.05, 0.1) is 13.0 Å². The van der Waals surface area contributed by atoms with Gasteiger partial charge in [0.25, 0.3) is 5.91 Å². The molecule has 1 heterocycles. The van der Waals surface area contributed by atoms with Crippen LogP contribution in [-0.2, 0) is 14.3 Å². The lowest BCUT2D eigenvalue weighted by Crippen LogP contribution is -2.27. The average molecular weight is 474 g/mol. The van der Waals surface area contributed by atoms with Crippen molar-refractivity contribution in [1.29, 1.82) is 5.26 Å². The van der Waals surface area contributed by atoms with E-state index in [4.69, 9.17) is 19.9 Å². The number of aryl methyl sites for hydroxylation is 2. The number of allylic oxidation sites excluding steroid dienone is 3. The Morgan fingerprint density at radius 2 is 1.97 bits per heavy atom. The van der Waals surface area contributed by atoms with E-state index in [0.29, 0.717) is 53.3 Å². The number of nitrogens with two attached hydrogens (primary N) is 1. The molecule has 0 saturated carbocycles. The second kappa shape index (κ2) is 9.94. The predicted molar refractivity (Wildman–Crippen MR) is 130 cm³/mol. The third-order valence-corrected chi connectivity index (χ3v) is 6.28. The van der Waals surface area contributed by atoms with Crippen LogP contribution >= 0.6 is 0 Å². The number of anilines is 1. The third kappa shape index (κ3) is 4.85. The molecule has 0 fully saturated rings. The molecule has 0 bridgehead atoms. The summed E-state index contributed by atoms with van der Waals surface area (Å²) in [5.41, 5.74) is 10.2. The summed E-state index contributed by atoms with van der Waals surface area (Å²) in [6, 6.07) is 12.9. The molecule has 0 unspecified atom stereocenters. The monoisotopic (exact) mass is 473 g/mol. The summed E-state index contributed by atoms with van der Waals surface area (Å²) < 4.78 is 16.8. The molecule has 1 amide bonds. The van der Waals surface area contributed by atoms with E-state index in [1.165, 1.54) is 7.11 Å². The number of hydrogen-bond acceptors (Lipinski definition) is 7. The molecule has 1 aliphatic carbocycles. The quantitative estimate of drug-likeness (QED) is 0.646. The molecule has 2 aromatic rings. The van der Waals surface area contributed by atoms with Gasteiger partial charge in [-0.05, 0) is 61.2 Å². The summed E-state index contributed by atoms with van der Waals surface area (Å²) >= 11 is 0. The van der Waals surface area contributed by atoms with Gasteiger partial charge in [0, 0.05) is 24.1 Å². The predicted octanol–water partition coefficient (Wildman–Crippen LogP) is 4.14. The van der Waals surface area contributed by atoms with E-state index < -0.39 is 5.92 Å². The Kier molecular flexibility index (Phi) is 6.78. The number of methoxy groups -OCH3 is 1. The topological polar surface area (TPSA) is 124 Å². The van der Waals surface area contributed by atoms with Crippen LogP contribution in [0.15, 0.2) is 59.2 Å². The Balaban J connectivity index is 1.55. The van der Waals surface area contributed by atoms with Gasteiger partial charge in [0.1, 0.15) is 17.4 Å². The normalized spacial score (nSPS) is 17.3. The van der Waals surface area contributed by atoms with Crippen LogP contribution in [0.2, 0.25) is 0 Å². The third-order valence-electron chi connectivity index (χ3n) is 6.28. The van der Waals surface area contributed by atoms with Gasteiger partial charge in [0.15, 0.2) is 23.9 Å². The minimum absolute atomic E-state index is 0.00765. The zero-order valence-corrected chi connectivity index (χ0v) is 19.9. The Morgan fingerprint density at radius 3 is 2.69 bits per heavy atom. The first-order chi connectivity index (χ1) is 16.8. The van der Waals surface area contributed by atoms with Crippen molar-refractivity contribution in [2.45, 2.75) is 39.0 Å². The summed E-state index contributed by atoms with van der Waals surface area (Å²) in [4.78, 5) is 25.2. The molecular weight excluding hydrogens is 446 g/mol. The number of nitriles is 1. The Morgan fingerprint density at radius 1 is 1.17 bits per heavy atom. The number of hydrogen-bond donors (Lipinski definition) is 2. The van der Waals surface area contributed by atoms with Crippen molar-refractivity contribution in [3.8, 4) is 17.6 Å². The second-order valence-corrected chi connectivity index (χ2v) is 8.58. The van der Waals surface area contributed by atoms with Crippen LogP contribution in [0, 0.1) is 25.2 Å². The largest absolute Gasteiger partial charge is 0.493 e. The molecule has 1 aliphatic heterocycles. The van der Waals surface area contributed by atoms with Gasteiger partial charge >= 0.3 is 0 Å². The van der Waals surface area contributed by atoms with E-state index in [9.17, 15) is 14.9 Å². The minimum Gasteiger partial charge on any atom is -0.493 e. The molecule has 180 valence electrons. The van der Waals surface area contributed by atoms with Crippen LogP contribution in [0.5, 0.6) is 11.5 Å². The number of carbonyl (C=O) groups is 2. The lowest BCUT2D eigenvalue weighted by molar-refractivity contribution is -0.118. The van der Waals surface area contributed by atoms with Crippen molar-refractivity contribution >= 4 is 17.4 Å². The summed E-state index contributed by atoms with van der Waals surface area (Å²) in [7, 11) is 1.48. The number of nitrogens with one attached hydrogen (secondary N) is 1. The van der Waals surface area contributed by atoms with Crippen molar-refractivity contribution in [1.82, 2.24) is 0 Å². The standard InChI is InChI=1S/C27H27N3O5/c1-15-7-9-18(11-16(15)2)30-24(32)14-34-21-10-8-17(12-23(21)33-3)25-19(13-28)27(29)35-22-6-4-5-20(31)26(22)25/h7-12,25H,4-6,14,29H2,1-3H3,(H,30,32)/t25-/m0/s1. The van der Waals surface area contributed by atoms with Crippen LogP contribution in [-0.4, -0.2) is 25.4 Å². The van der Waals surface area contributed by atoms with Gasteiger partial charge in [-0.15, -0.1) is 0 Å². The van der Waals surface area contributed by atoms with E-state index in [1.54, 1.807) is 18.2 Å². The number of benzene rings is 2. The van der Waals surface area contributed by atoms with E-state index in [2.05, 4.69) is 11.4 Å². The van der Waals surface area contributed by atoms with Gasteiger partial charge in [0.2, 0.25) is 5.88 Å². The summed E-state index contributed by atoms with van der Waals surface area (Å²) in [6.45, 7) is 3.77. The van der Waals surface area contributed by atoms with Crippen LogP contribution in [0.25, 0.3) is 0 Å². The van der Waals surface area contributed by atoms with Crippen LogP contribution in [0.3, 0.4) is 0 Å². The molecule has 2 aromatic carbocycles. The molecule has 3 N–H and O–H groups in total. The average Bonchev–Trinajstić information content (AvgIpc) is 2.84. The van der Waals surface area contributed by atoms with Crippen molar-refractivity contribution in [3.63, 3.8) is 0 Å². The fourth-order valence-corrected chi connectivity index (χ4v) is 4.33. The molecule has 4 rings (SSSR count). The first-order valence-electron chi connectivity index (χ1n) is 11.3. The molecule has 1 atom stereocenters. The molecule has 0 radical (unpaired) electrons. The Labute approximate surface area is 204 Å².